The lowest BCUT2D eigenvalue weighted by molar-refractivity contribution is -0.118. The molecule has 1 aromatic heterocycles. The third-order valence-corrected chi connectivity index (χ3v) is 3.50. The summed E-state index contributed by atoms with van der Waals surface area (Å²) in [5, 5.41) is 11.7. The van der Waals surface area contributed by atoms with E-state index in [9.17, 15) is 14.0 Å². The molecule has 2 rings (SSSR count). The van der Waals surface area contributed by atoms with Crippen LogP contribution in [0.5, 0.6) is 5.75 Å². The van der Waals surface area contributed by atoms with E-state index in [4.69, 9.17) is 9.84 Å². The maximum absolute atomic E-state index is 13.3. The summed E-state index contributed by atoms with van der Waals surface area (Å²) in [5.41, 5.74) is 0.0248. The van der Waals surface area contributed by atoms with E-state index in [1.165, 1.54) is 24.3 Å². The van der Waals surface area contributed by atoms with Crippen LogP contribution < -0.4 is 10.1 Å². The third kappa shape index (κ3) is 3.79. The first-order chi connectivity index (χ1) is 9.97. The van der Waals surface area contributed by atoms with E-state index in [0.717, 1.165) is 16.2 Å². The van der Waals surface area contributed by atoms with E-state index in [-0.39, 0.29) is 16.3 Å². The second-order valence-electron chi connectivity index (χ2n) is 4.17. The second kappa shape index (κ2) is 6.36. The summed E-state index contributed by atoms with van der Waals surface area (Å²) in [5.74, 6) is -2.27. The SMILES string of the molecule is Cc1cc(C(=O)O)c(NC(=O)COc2ccccc2F)s1. The zero-order valence-corrected chi connectivity index (χ0v) is 11.9. The second-order valence-corrected chi connectivity index (χ2v) is 5.43. The quantitative estimate of drug-likeness (QED) is 0.890. The molecule has 0 aliphatic heterocycles. The lowest BCUT2D eigenvalue weighted by atomic mass is 10.3. The van der Waals surface area contributed by atoms with Gasteiger partial charge in [-0.1, -0.05) is 12.1 Å². The average molecular weight is 309 g/mol. The van der Waals surface area contributed by atoms with E-state index in [0.29, 0.717) is 0 Å². The van der Waals surface area contributed by atoms with Gasteiger partial charge in [0.1, 0.15) is 5.00 Å². The molecule has 1 aromatic carbocycles. The van der Waals surface area contributed by atoms with Crippen LogP contribution in [-0.4, -0.2) is 23.6 Å². The summed E-state index contributed by atoms with van der Waals surface area (Å²) in [7, 11) is 0. The van der Waals surface area contributed by atoms with Gasteiger partial charge in [0.25, 0.3) is 5.91 Å². The van der Waals surface area contributed by atoms with E-state index in [2.05, 4.69) is 5.32 Å². The van der Waals surface area contributed by atoms with E-state index >= 15 is 0 Å². The maximum atomic E-state index is 13.3. The number of rotatable bonds is 5. The number of anilines is 1. The summed E-state index contributed by atoms with van der Waals surface area (Å²) >= 11 is 1.15. The van der Waals surface area contributed by atoms with Crippen LogP contribution in [0.1, 0.15) is 15.2 Å². The van der Waals surface area contributed by atoms with Crippen LogP contribution in [0.15, 0.2) is 30.3 Å². The molecule has 2 N–H and O–H groups in total. The molecule has 5 nitrogen and oxygen atoms in total. The molecule has 110 valence electrons. The van der Waals surface area contributed by atoms with Crippen molar-refractivity contribution in [1.29, 1.82) is 0 Å². The number of amides is 1. The Morgan fingerprint density at radius 3 is 2.76 bits per heavy atom. The number of carbonyl (C=O) groups is 2. The minimum atomic E-state index is -1.12. The molecular weight excluding hydrogens is 297 g/mol. The van der Waals surface area contributed by atoms with Crippen molar-refractivity contribution >= 4 is 28.2 Å². The molecule has 1 amide bonds. The molecule has 0 bridgehead atoms. The normalized spacial score (nSPS) is 10.2. The van der Waals surface area contributed by atoms with Crippen molar-refractivity contribution in [2.75, 3.05) is 11.9 Å². The summed E-state index contributed by atoms with van der Waals surface area (Å²) < 4.78 is 18.4. The lowest BCUT2D eigenvalue weighted by Crippen LogP contribution is -2.21. The number of aryl methyl sites for hydroxylation is 1. The predicted octanol–water partition coefficient (Wildman–Crippen LogP) is 2.91. The van der Waals surface area contributed by atoms with Crippen LogP contribution in [0.3, 0.4) is 0 Å². The molecule has 0 fully saturated rings. The standard InChI is InChI=1S/C14H12FNO4S/c1-8-6-9(14(18)19)13(21-8)16-12(17)7-20-11-5-3-2-4-10(11)15/h2-6H,7H2,1H3,(H,16,17)(H,18,19). The molecule has 1 heterocycles. The van der Waals surface area contributed by atoms with Crippen molar-refractivity contribution < 1.29 is 23.8 Å². The zero-order chi connectivity index (χ0) is 15.4. The van der Waals surface area contributed by atoms with Crippen molar-refractivity contribution in [3.8, 4) is 5.75 Å². The summed E-state index contributed by atoms with van der Waals surface area (Å²) in [6.45, 7) is 1.33. The fourth-order valence-corrected chi connectivity index (χ4v) is 2.55. The van der Waals surface area contributed by atoms with Gasteiger partial charge in [-0.2, -0.15) is 0 Å². The van der Waals surface area contributed by atoms with Gasteiger partial charge in [0.2, 0.25) is 0 Å². The van der Waals surface area contributed by atoms with Gasteiger partial charge in [0.15, 0.2) is 18.2 Å². The van der Waals surface area contributed by atoms with Gasteiger partial charge < -0.3 is 15.2 Å². The predicted molar refractivity (Wildman–Crippen MR) is 76.5 cm³/mol. The Balaban J connectivity index is 1.99. The van der Waals surface area contributed by atoms with Crippen LogP contribution in [0.4, 0.5) is 9.39 Å². The molecule has 21 heavy (non-hydrogen) atoms. The minimum absolute atomic E-state index is 0.0248. The average Bonchev–Trinajstić information content (AvgIpc) is 2.79. The smallest absolute Gasteiger partial charge is 0.338 e. The van der Waals surface area contributed by atoms with E-state index in [1.807, 2.05) is 0 Å². The van der Waals surface area contributed by atoms with Gasteiger partial charge in [-0.25, -0.2) is 9.18 Å². The lowest BCUT2D eigenvalue weighted by Gasteiger charge is -2.07. The number of thiophene rings is 1. The highest BCUT2D eigenvalue weighted by atomic mass is 32.1. The van der Waals surface area contributed by atoms with Gasteiger partial charge in [0.05, 0.1) is 5.56 Å². The van der Waals surface area contributed by atoms with Crippen LogP contribution >= 0.6 is 11.3 Å². The first-order valence-corrected chi connectivity index (χ1v) is 6.80. The summed E-state index contributed by atoms with van der Waals surface area (Å²) in [6.07, 6.45) is 0. The van der Waals surface area contributed by atoms with Crippen LogP contribution in [0.2, 0.25) is 0 Å². The number of nitrogens with one attached hydrogen (secondary N) is 1. The first kappa shape index (κ1) is 15.0. The van der Waals surface area contributed by atoms with Crippen molar-refractivity contribution in [3.63, 3.8) is 0 Å². The molecule has 2 aromatic rings. The Bertz CT molecular complexity index is 683. The minimum Gasteiger partial charge on any atom is -0.481 e. The number of ether oxygens (including phenoxy) is 1. The van der Waals surface area contributed by atoms with Crippen LogP contribution in [0.25, 0.3) is 0 Å². The number of benzene rings is 1. The fourth-order valence-electron chi connectivity index (χ4n) is 1.63. The number of hydrogen-bond acceptors (Lipinski definition) is 4. The molecule has 0 spiro atoms. The van der Waals surface area contributed by atoms with Crippen molar-refractivity contribution in [3.05, 3.63) is 46.6 Å². The molecule has 0 aliphatic rings. The molecular formula is C14H12FNO4S. The number of para-hydroxylation sites is 1. The summed E-state index contributed by atoms with van der Waals surface area (Å²) in [4.78, 5) is 23.5. The Labute approximate surface area is 124 Å². The number of hydrogen-bond donors (Lipinski definition) is 2. The maximum Gasteiger partial charge on any atom is 0.338 e. The number of carbonyl (C=O) groups excluding carboxylic acids is 1. The topological polar surface area (TPSA) is 75.6 Å². The monoisotopic (exact) mass is 309 g/mol. The first-order valence-electron chi connectivity index (χ1n) is 5.98. The van der Waals surface area contributed by atoms with Gasteiger partial charge in [-0.15, -0.1) is 11.3 Å². The molecule has 0 saturated carbocycles. The van der Waals surface area contributed by atoms with E-state index < -0.39 is 24.3 Å². The highest BCUT2D eigenvalue weighted by molar-refractivity contribution is 7.16. The van der Waals surface area contributed by atoms with Crippen molar-refractivity contribution in [2.24, 2.45) is 0 Å². The number of carboxylic acid groups (broad SMARTS) is 1. The van der Waals surface area contributed by atoms with Gasteiger partial charge in [-0.3, -0.25) is 4.79 Å². The molecule has 0 atom stereocenters. The van der Waals surface area contributed by atoms with Crippen LogP contribution in [-0.2, 0) is 4.79 Å². The Hall–Kier alpha value is -2.41. The Morgan fingerprint density at radius 1 is 1.38 bits per heavy atom. The highest BCUT2D eigenvalue weighted by Crippen LogP contribution is 2.27. The third-order valence-electron chi connectivity index (χ3n) is 2.53. The van der Waals surface area contributed by atoms with Gasteiger partial charge >= 0.3 is 5.97 Å². The Kier molecular flexibility index (Phi) is 4.54. The van der Waals surface area contributed by atoms with Crippen molar-refractivity contribution in [1.82, 2.24) is 0 Å². The fraction of sp³-hybridized carbons (Fsp3) is 0.143. The van der Waals surface area contributed by atoms with E-state index in [1.54, 1.807) is 13.0 Å². The Morgan fingerprint density at radius 2 is 2.10 bits per heavy atom. The molecule has 0 saturated heterocycles. The number of carboxylic acids is 1. The van der Waals surface area contributed by atoms with Crippen LogP contribution in [0, 0.1) is 12.7 Å². The zero-order valence-electron chi connectivity index (χ0n) is 11.1. The van der Waals surface area contributed by atoms with Gasteiger partial charge in [-0.05, 0) is 25.1 Å². The molecule has 7 heteroatoms. The van der Waals surface area contributed by atoms with Crippen molar-refractivity contribution in [2.45, 2.75) is 6.92 Å². The number of aromatic carboxylic acids is 1. The summed E-state index contributed by atoms with van der Waals surface area (Å²) in [6, 6.07) is 7.19. The highest BCUT2D eigenvalue weighted by Gasteiger charge is 2.16. The molecule has 0 aliphatic carbocycles. The molecule has 0 radical (unpaired) electrons. The largest absolute Gasteiger partial charge is 0.481 e. The number of halogens is 1. The van der Waals surface area contributed by atoms with Gasteiger partial charge in [0, 0.05) is 4.88 Å². The molecule has 0 unspecified atom stereocenters.